The first-order valence-corrected chi connectivity index (χ1v) is 10.1. The lowest BCUT2D eigenvalue weighted by atomic mass is 10.1. The van der Waals surface area contributed by atoms with Gasteiger partial charge in [-0.3, -0.25) is 9.59 Å². The van der Waals surface area contributed by atoms with Gasteiger partial charge in [0.15, 0.2) is 17.2 Å². The fraction of sp³-hybridized carbons (Fsp3) is 0.160. The summed E-state index contributed by atoms with van der Waals surface area (Å²) in [6.45, 7) is 0.488. The lowest BCUT2D eigenvalue weighted by molar-refractivity contribution is 0.0945. The van der Waals surface area contributed by atoms with E-state index in [0.29, 0.717) is 22.3 Å². The second kappa shape index (κ2) is 9.34. The molecule has 1 N–H and O–H groups in total. The normalized spacial score (nSPS) is 10.7. The number of nitrogens with one attached hydrogen (secondary N) is 1. The van der Waals surface area contributed by atoms with Gasteiger partial charge in [0.25, 0.3) is 11.5 Å². The molecule has 1 aromatic heterocycles. The van der Waals surface area contributed by atoms with Gasteiger partial charge in [-0.2, -0.15) is 5.10 Å². The Labute approximate surface area is 185 Å². The van der Waals surface area contributed by atoms with Crippen molar-refractivity contribution in [2.24, 2.45) is 0 Å². The number of nitrogens with zero attached hydrogens (tertiary/aromatic N) is 2. The van der Waals surface area contributed by atoms with Gasteiger partial charge in [-0.1, -0.05) is 60.7 Å². The molecule has 0 radical (unpaired) electrons. The van der Waals surface area contributed by atoms with Crippen molar-refractivity contribution < 1.29 is 14.3 Å². The molecule has 0 fully saturated rings. The molecule has 1 heterocycles. The Hall–Kier alpha value is -4.13. The number of hydrogen-bond donors (Lipinski definition) is 1. The molecule has 7 heteroatoms. The maximum Gasteiger partial charge on any atom is 0.274 e. The largest absolute Gasteiger partial charge is 0.493 e. The number of ether oxygens (including phenoxy) is 2. The van der Waals surface area contributed by atoms with Gasteiger partial charge in [0.1, 0.15) is 0 Å². The molecule has 0 saturated heterocycles. The highest BCUT2D eigenvalue weighted by molar-refractivity contribution is 6.04. The second-order valence-corrected chi connectivity index (χ2v) is 7.18. The third kappa shape index (κ3) is 4.18. The minimum atomic E-state index is -0.382. The first-order chi connectivity index (χ1) is 15.6. The molecule has 32 heavy (non-hydrogen) atoms. The van der Waals surface area contributed by atoms with Crippen molar-refractivity contribution in [3.05, 3.63) is 100.0 Å². The molecule has 4 rings (SSSR count). The Morgan fingerprint density at radius 2 is 1.62 bits per heavy atom. The number of carbonyl (C=O) groups is 1. The average molecular weight is 429 g/mol. The Morgan fingerprint density at radius 1 is 0.906 bits per heavy atom. The molecule has 7 nitrogen and oxygen atoms in total. The van der Waals surface area contributed by atoms with Gasteiger partial charge in [-0.25, -0.2) is 4.68 Å². The Bertz CT molecular complexity index is 1320. The van der Waals surface area contributed by atoms with E-state index in [2.05, 4.69) is 10.4 Å². The van der Waals surface area contributed by atoms with Gasteiger partial charge in [-0.15, -0.1) is 0 Å². The van der Waals surface area contributed by atoms with E-state index in [1.165, 1.54) is 4.68 Å². The van der Waals surface area contributed by atoms with Gasteiger partial charge < -0.3 is 14.8 Å². The minimum Gasteiger partial charge on any atom is -0.493 e. The topological polar surface area (TPSA) is 82.5 Å². The molecule has 0 aliphatic rings. The van der Waals surface area contributed by atoms with Crippen LogP contribution in [0.4, 0.5) is 0 Å². The number of aromatic nitrogens is 2. The molecule has 3 aromatic carbocycles. The number of fused-ring (bicyclic) bond motifs is 1. The summed E-state index contributed by atoms with van der Waals surface area (Å²) < 4.78 is 12.1. The monoisotopic (exact) mass is 429 g/mol. The minimum absolute atomic E-state index is 0.193. The zero-order valence-electron chi connectivity index (χ0n) is 17.9. The third-order valence-corrected chi connectivity index (χ3v) is 5.18. The Morgan fingerprint density at radius 3 is 2.34 bits per heavy atom. The molecule has 0 aliphatic heterocycles. The lowest BCUT2D eigenvalue weighted by Crippen LogP contribution is -2.31. The van der Waals surface area contributed by atoms with Gasteiger partial charge in [0.05, 0.1) is 26.2 Å². The molecule has 0 saturated carbocycles. The Balaban J connectivity index is 1.68. The maximum atomic E-state index is 13.1. The summed E-state index contributed by atoms with van der Waals surface area (Å²) in [6, 6.07) is 22.0. The highest BCUT2D eigenvalue weighted by Crippen LogP contribution is 2.30. The second-order valence-electron chi connectivity index (χ2n) is 7.18. The van der Waals surface area contributed by atoms with Crippen LogP contribution >= 0.6 is 0 Å². The van der Waals surface area contributed by atoms with E-state index in [-0.39, 0.29) is 30.2 Å². The molecular formula is C25H23N3O4. The molecule has 0 atom stereocenters. The number of para-hydroxylation sites is 1. The molecule has 0 bridgehead atoms. The molecule has 0 spiro atoms. The molecule has 4 aromatic rings. The first-order valence-electron chi connectivity index (χ1n) is 10.1. The summed E-state index contributed by atoms with van der Waals surface area (Å²) in [5.41, 5.74) is 1.64. The smallest absolute Gasteiger partial charge is 0.274 e. The number of benzene rings is 3. The molecule has 1 amide bonds. The summed E-state index contributed by atoms with van der Waals surface area (Å²) in [5, 5.41) is 8.27. The van der Waals surface area contributed by atoms with E-state index in [4.69, 9.17) is 9.47 Å². The number of rotatable bonds is 7. The van der Waals surface area contributed by atoms with E-state index in [1.807, 2.05) is 42.5 Å². The Kier molecular flexibility index (Phi) is 6.17. The summed E-state index contributed by atoms with van der Waals surface area (Å²) in [5.74, 6) is 0.759. The predicted octanol–water partition coefficient (Wildman–Crippen LogP) is 3.39. The van der Waals surface area contributed by atoms with Crippen LogP contribution in [0.3, 0.4) is 0 Å². The fourth-order valence-electron chi connectivity index (χ4n) is 3.62. The van der Waals surface area contributed by atoms with Crippen LogP contribution in [0.2, 0.25) is 0 Å². The zero-order chi connectivity index (χ0) is 22.5. The standard InChI is InChI=1S/C25H23N3O4/c1-31-21-14-8-11-18(23(21)32-2)15-26-24(29)22-19-12-6-7-13-20(19)25(30)28(27-22)16-17-9-4-3-5-10-17/h3-14H,15-16H2,1-2H3,(H,26,29). The fourth-order valence-corrected chi connectivity index (χ4v) is 3.62. The highest BCUT2D eigenvalue weighted by atomic mass is 16.5. The molecule has 0 aliphatic carbocycles. The van der Waals surface area contributed by atoms with Crippen molar-refractivity contribution in [2.75, 3.05) is 14.2 Å². The van der Waals surface area contributed by atoms with Crippen LogP contribution in [0.1, 0.15) is 21.6 Å². The van der Waals surface area contributed by atoms with E-state index < -0.39 is 0 Å². The number of carbonyl (C=O) groups excluding carboxylic acids is 1. The van der Waals surface area contributed by atoms with Gasteiger partial charge >= 0.3 is 0 Å². The third-order valence-electron chi connectivity index (χ3n) is 5.18. The van der Waals surface area contributed by atoms with Crippen LogP contribution in [-0.4, -0.2) is 29.9 Å². The summed E-state index contributed by atoms with van der Waals surface area (Å²) in [6.07, 6.45) is 0. The summed E-state index contributed by atoms with van der Waals surface area (Å²) in [4.78, 5) is 26.1. The predicted molar refractivity (Wildman–Crippen MR) is 122 cm³/mol. The van der Waals surface area contributed by atoms with Crippen LogP contribution in [0.5, 0.6) is 11.5 Å². The van der Waals surface area contributed by atoms with E-state index in [0.717, 1.165) is 11.1 Å². The summed E-state index contributed by atoms with van der Waals surface area (Å²) in [7, 11) is 3.12. The van der Waals surface area contributed by atoms with E-state index in [9.17, 15) is 9.59 Å². The SMILES string of the molecule is COc1cccc(CNC(=O)c2nn(Cc3ccccc3)c(=O)c3ccccc23)c1OC. The lowest BCUT2D eigenvalue weighted by Gasteiger charge is -2.14. The van der Waals surface area contributed by atoms with Crippen LogP contribution in [0.25, 0.3) is 10.8 Å². The van der Waals surface area contributed by atoms with Crippen molar-refractivity contribution in [2.45, 2.75) is 13.1 Å². The summed E-state index contributed by atoms with van der Waals surface area (Å²) >= 11 is 0. The van der Waals surface area contributed by atoms with Crippen LogP contribution in [0.15, 0.2) is 77.6 Å². The van der Waals surface area contributed by atoms with Gasteiger partial charge in [0, 0.05) is 17.5 Å². The van der Waals surface area contributed by atoms with Crippen molar-refractivity contribution >= 4 is 16.7 Å². The van der Waals surface area contributed by atoms with Crippen molar-refractivity contribution in [1.29, 1.82) is 0 Å². The molecule has 162 valence electrons. The zero-order valence-corrected chi connectivity index (χ0v) is 17.9. The maximum absolute atomic E-state index is 13.1. The molecular weight excluding hydrogens is 406 g/mol. The van der Waals surface area contributed by atoms with Gasteiger partial charge in [0.2, 0.25) is 0 Å². The molecule has 0 unspecified atom stereocenters. The van der Waals surface area contributed by atoms with Crippen molar-refractivity contribution in [3.63, 3.8) is 0 Å². The van der Waals surface area contributed by atoms with Crippen LogP contribution < -0.4 is 20.3 Å². The highest BCUT2D eigenvalue weighted by Gasteiger charge is 2.18. The van der Waals surface area contributed by atoms with E-state index >= 15 is 0 Å². The number of methoxy groups -OCH3 is 2. The number of amides is 1. The van der Waals surface area contributed by atoms with Crippen LogP contribution in [0, 0.1) is 0 Å². The van der Waals surface area contributed by atoms with Crippen molar-refractivity contribution in [1.82, 2.24) is 15.1 Å². The number of hydrogen-bond acceptors (Lipinski definition) is 5. The first kappa shape index (κ1) is 21.1. The van der Waals surface area contributed by atoms with Crippen molar-refractivity contribution in [3.8, 4) is 11.5 Å². The van der Waals surface area contributed by atoms with Gasteiger partial charge in [-0.05, 0) is 17.7 Å². The average Bonchev–Trinajstić information content (AvgIpc) is 2.84. The quantitative estimate of drug-likeness (QED) is 0.487. The van der Waals surface area contributed by atoms with E-state index in [1.54, 1.807) is 44.6 Å². The van der Waals surface area contributed by atoms with Crippen LogP contribution in [-0.2, 0) is 13.1 Å².